The molecule has 6 heteroatoms. The number of aryl methyl sites for hydroxylation is 1. The summed E-state index contributed by atoms with van der Waals surface area (Å²) in [5, 5.41) is 3.76. The first-order chi connectivity index (χ1) is 15.0. The summed E-state index contributed by atoms with van der Waals surface area (Å²) in [5.41, 5.74) is 2.11. The van der Waals surface area contributed by atoms with E-state index in [4.69, 9.17) is 16.3 Å². The van der Waals surface area contributed by atoms with Gasteiger partial charge in [-0.1, -0.05) is 61.2 Å². The largest absolute Gasteiger partial charge is 0.484 e. The van der Waals surface area contributed by atoms with Gasteiger partial charge in [0, 0.05) is 17.6 Å². The van der Waals surface area contributed by atoms with E-state index < -0.39 is 6.04 Å². The van der Waals surface area contributed by atoms with Gasteiger partial charge in [0.1, 0.15) is 11.8 Å². The maximum Gasteiger partial charge on any atom is 0.261 e. The van der Waals surface area contributed by atoms with Gasteiger partial charge in [0.15, 0.2) is 6.61 Å². The summed E-state index contributed by atoms with van der Waals surface area (Å²) in [6.07, 6.45) is 4.84. The van der Waals surface area contributed by atoms with Crippen molar-refractivity contribution in [3.63, 3.8) is 0 Å². The van der Waals surface area contributed by atoms with Crippen LogP contribution in [0, 0.1) is 6.92 Å². The Bertz CT molecular complexity index is 879. The van der Waals surface area contributed by atoms with E-state index in [0.717, 1.165) is 36.8 Å². The Labute approximate surface area is 189 Å². The molecule has 0 spiro atoms. The molecule has 166 valence electrons. The van der Waals surface area contributed by atoms with E-state index in [9.17, 15) is 9.59 Å². The van der Waals surface area contributed by atoms with Crippen LogP contribution in [0.5, 0.6) is 5.75 Å². The van der Waals surface area contributed by atoms with Crippen molar-refractivity contribution in [2.45, 2.75) is 64.6 Å². The third-order valence-electron chi connectivity index (χ3n) is 5.70. The van der Waals surface area contributed by atoms with E-state index in [2.05, 4.69) is 5.32 Å². The fourth-order valence-electron chi connectivity index (χ4n) is 4.05. The Balaban J connectivity index is 1.75. The number of halogens is 1. The van der Waals surface area contributed by atoms with Crippen molar-refractivity contribution in [3.8, 4) is 5.75 Å². The van der Waals surface area contributed by atoms with E-state index in [1.165, 1.54) is 0 Å². The minimum atomic E-state index is -0.539. The molecule has 1 N–H and O–H groups in total. The molecule has 5 nitrogen and oxygen atoms in total. The standard InChI is InChI=1S/C25H31ClN2O3/c1-3-23(25(30)27-21-9-4-5-10-21)28(16-19-8-6-7-18(2)15-19)24(29)17-31-22-13-11-20(26)12-14-22/h6-8,11-15,21,23H,3-5,9-10,16-17H2,1-2H3,(H,27,30). The maximum atomic E-state index is 13.2. The minimum absolute atomic E-state index is 0.0816. The van der Waals surface area contributed by atoms with Crippen molar-refractivity contribution in [2.75, 3.05) is 6.61 Å². The molecule has 0 aromatic heterocycles. The van der Waals surface area contributed by atoms with E-state index in [1.807, 2.05) is 38.1 Å². The lowest BCUT2D eigenvalue weighted by Gasteiger charge is -2.31. The summed E-state index contributed by atoms with van der Waals surface area (Å²) in [5.74, 6) is 0.267. The fraction of sp³-hybridized carbons (Fsp3) is 0.440. The second-order valence-corrected chi connectivity index (χ2v) is 8.60. The van der Waals surface area contributed by atoms with Crippen molar-refractivity contribution in [1.29, 1.82) is 0 Å². The van der Waals surface area contributed by atoms with E-state index >= 15 is 0 Å². The molecule has 0 bridgehead atoms. The Morgan fingerprint density at radius 2 is 1.87 bits per heavy atom. The molecule has 2 aromatic carbocycles. The van der Waals surface area contributed by atoms with Gasteiger partial charge in [-0.25, -0.2) is 0 Å². The number of amides is 2. The minimum Gasteiger partial charge on any atom is -0.484 e. The Morgan fingerprint density at radius 3 is 2.52 bits per heavy atom. The maximum absolute atomic E-state index is 13.2. The van der Waals surface area contributed by atoms with Gasteiger partial charge in [0.05, 0.1) is 0 Å². The Morgan fingerprint density at radius 1 is 1.16 bits per heavy atom. The van der Waals surface area contributed by atoms with Crippen LogP contribution < -0.4 is 10.1 Å². The van der Waals surface area contributed by atoms with Crippen LogP contribution in [0.3, 0.4) is 0 Å². The summed E-state index contributed by atoms with van der Waals surface area (Å²) >= 11 is 5.92. The average Bonchev–Trinajstić information content (AvgIpc) is 3.26. The molecule has 31 heavy (non-hydrogen) atoms. The first kappa shape index (κ1) is 23.1. The van der Waals surface area contributed by atoms with Crippen molar-refractivity contribution < 1.29 is 14.3 Å². The summed E-state index contributed by atoms with van der Waals surface area (Å²) in [4.78, 5) is 27.9. The molecule has 0 radical (unpaired) electrons. The zero-order chi connectivity index (χ0) is 22.2. The first-order valence-electron chi connectivity index (χ1n) is 11.0. The Kier molecular flexibility index (Phi) is 8.35. The third-order valence-corrected chi connectivity index (χ3v) is 5.95. The molecule has 0 aliphatic heterocycles. The molecular formula is C25H31ClN2O3. The topological polar surface area (TPSA) is 58.6 Å². The summed E-state index contributed by atoms with van der Waals surface area (Å²) in [6, 6.07) is 14.6. The SMILES string of the molecule is CCC(C(=O)NC1CCCC1)N(Cc1cccc(C)c1)C(=O)COc1ccc(Cl)cc1. The average molecular weight is 443 g/mol. The predicted molar refractivity (Wildman–Crippen MR) is 123 cm³/mol. The number of carbonyl (C=O) groups excluding carboxylic acids is 2. The third kappa shape index (κ3) is 6.73. The summed E-state index contributed by atoms with van der Waals surface area (Å²) in [6.45, 7) is 4.18. The lowest BCUT2D eigenvalue weighted by atomic mass is 10.1. The molecule has 1 unspecified atom stereocenters. The lowest BCUT2D eigenvalue weighted by molar-refractivity contribution is -0.143. The van der Waals surface area contributed by atoms with Gasteiger partial charge in [0.25, 0.3) is 5.91 Å². The van der Waals surface area contributed by atoms with Crippen molar-refractivity contribution in [2.24, 2.45) is 0 Å². The normalized spacial score (nSPS) is 14.8. The predicted octanol–water partition coefficient (Wildman–Crippen LogP) is 4.89. The van der Waals surface area contributed by atoms with Gasteiger partial charge in [-0.15, -0.1) is 0 Å². The molecule has 2 amide bonds. The number of nitrogens with zero attached hydrogens (tertiary/aromatic N) is 1. The quantitative estimate of drug-likeness (QED) is 0.601. The van der Waals surface area contributed by atoms with Crippen LogP contribution in [0.15, 0.2) is 48.5 Å². The van der Waals surface area contributed by atoms with Gasteiger partial charge in [-0.05, 0) is 56.0 Å². The highest BCUT2D eigenvalue weighted by molar-refractivity contribution is 6.30. The van der Waals surface area contributed by atoms with Gasteiger partial charge in [-0.3, -0.25) is 9.59 Å². The fourth-order valence-corrected chi connectivity index (χ4v) is 4.18. The van der Waals surface area contributed by atoms with Crippen LogP contribution in [0.2, 0.25) is 5.02 Å². The number of benzene rings is 2. The van der Waals surface area contributed by atoms with Crippen LogP contribution in [0.25, 0.3) is 0 Å². The number of ether oxygens (including phenoxy) is 1. The zero-order valence-electron chi connectivity index (χ0n) is 18.3. The monoisotopic (exact) mass is 442 g/mol. The van der Waals surface area contributed by atoms with Gasteiger partial charge in [0.2, 0.25) is 5.91 Å². The number of hydrogen-bond acceptors (Lipinski definition) is 3. The summed E-state index contributed by atoms with van der Waals surface area (Å²) in [7, 11) is 0. The summed E-state index contributed by atoms with van der Waals surface area (Å²) < 4.78 is 5.69. The smallest absolute Gasteiger partial charge is 0.261 e. The Hall–Kier alpha value is -2.53. The van der Waals surface area contributed by atoms with Crippen LogP contribution in [0.1, 0.15) is 50.2 Å². The number of rotatable bonds is 9. The van der Waals surface area contributed by atoms with Crippen LogP contribution >= 0.6 is 11.6 Å². The van der Waals surface area contributed by atoms with Gasteiger partial charge < -0.3 is 15.0 Å². The van der Waals surface area contributed by atoms with Crippen molar-refractivity contribution in [1.82, 2.24) is 10.2 Å². The van der Waals surface area contributed by atoms with Crippen LogP contribution in [-0.4, -0.2) is 35.4 Å². The molecule has 1 aliphatic carbocycles. The highest BCUT2D eigenvalue weighted by atomic mass is 35.5. The highest BCUT2D eigenvalue weighted by Gasteiger charge is 2.30. The molecular weight excluding hydrogens is 412 g/mol. The van der Waals surface area contributed by atoms with Crippen LogP contribution in [0.4, 0.5) is 0 Å². The molecule has 2 aromatic rings. The van der Waals surface area contributed by atoms with E-state index in [-0.39, 0.29) is 24.5 Å². The zero-order valence-corrected chi connectivity index (χ0v) is 19.0. The molecule has 1 aliphatic rings. The molecule has 3 rings (SSSR count). The molecule has 0 heterocycles. The van der Waals surface area contributed by atoms with Crippen molar-refractivity contribution >= 4 is 23.4 Å². The van der Waals surface area contributed by atoms with E-state index in [0.29, 0.717) is 23.7 Å². The number of carbonyl (C=O) groups is 2. The molecule has 0 saturated heterocycles. The molecule has 1 fully saturated rings. The highest BCUT2D eigenvalue weighted by Crippen LogP contribution is 2.20. The second-order valence-electron chi connectivity index (χ2n) is 8.17. The molecule has 1 saturated carbocycles. The lowest BCUT2D eigenvalue weighted by Crippen LogP contribution is -2.52. The van der Waals surface area contributed by atoms with Gasteiger partial charge in [-0.2, -0.15) is 0 Å². The second kappa shape index (κ2) is 11.2. The number of hydrogen-bond donors (Lipinski definition) is 1. The van der Waals surface area contributed by atoms with Crippen LogP contribution in [-0.2, 0) is 16.1 Å². The van der Waals surface area contributed by atoms with E-state index in [1.54, 1.807) is 29.2 Å². The van der Waals surface area contributed by atoms with Crippen molar-refractivity contribution in [3.05, 3.63) is 64.7 Å². The van der Waals surface area contributed by atoms with Gasteiger partial charge >= 0.3 is 0 Å². The first-order valence-corrected chi connectivity index (χ1v) is 11.4. The number of nitrogens with one attached hydrogen (secondary N) is 1. The molecule has 1 atom stereocenters.